The molecule has 14 heteroatoms. The van der Waals surface area contributed by atoms with E-state index in [9.17, 15) is 14.4 Å². The molecule has 14 nitrogen and oxygen atoms in total. The van der Waals surface area contributed by atoms with Crippen molar-refractivity contribution in [3.63, 3.8) is 0 Å². The number of benzene rings is 1. The van der Waals surface area contributed by atoms with Crippen molar-refractivity contribution in [1.82, 2.24) is 39.5 Å². The minimum absolute atomic E-state index is 0.183. The number of carbonyl (C=O) groups excluding carboxylic acids is 3. The lowest BCUT2D eigenvalue weighted by molar-refractivity contribution is 0.00447. The Labute approximate surface area is 329 Å². The maximum atomic E-state index is 13.6. The largest absolute Gasteiger partial charge is 0.444 e. The monoisotopic (exact) mass is 770 g/mol. The molecular formula is C42H58N8O6. The van der Waals surface area contributed by atoms with E-state index >= 15 is 0 Å². The normalized spacial score (nSPS) is 17.0. The van der Waals surface area contributed by atoms with Crippen molar-refractivity contribution in [3.8, 4) is 0 Å². The summed E-state index contributed by atoms with van der Waals surface area (Å²) in [6.07, 6.45) is 4.41. The standard InChI is InChI=1S/C42H58N8O6/c1-40(2,3)54-37(51)48-21-19-47(20-22-49(38(52)55-41(4,5)6)24-26-50(25-23-48)39(53)56-42(7,8)9)27-28-16-17-30-34(44-28)33-29(13-12-18-43-33)35-36(30)46-32-15-11-10-14-31(32)45-35/h12-13,16-18H,10-11,14-15,19-27H2,1-9H3. The van der Waals surface area contributed by atoms with Gasteiger partial charge in [-0.2, -0.15) is 0 Å². The van der Waals surface area contributed by atoms with E-state index in [0.29, 0.717) is 32.7 Å². The van der Waals surface area contributed by atoms with E-state index in [4.69, 9.17) is 34.1 Å². The molecule has 0 spiro atoms. The quantitative estimate of drug-likeness (QED) is 0.152. The Hall–Kier alpha value is -4.85. The van der Waals surface area contributed by atoms with Crippen LogP contribution in [0.15, 0.2) is 30.5 Å². The van der Waals surface area contributed by atoms with Crippen molar-refractivity contribution in [1.29, 1.82) is 0 Å². The van der Waals surface area contributed by atoms with Crippen molar-refractivity contribution >= 4 is 51.1 Å². The Kier molecular flexibility index (Phi) is 11.9. The predicted octanol–water partition coefficient (Wildman–Crippen LogP) is 7.13. The van der Waals surface area contributed by atoms with Crippen LogP contribution in [-0.2, 0) is 33.6 Å². The number of rotatable bonds is 2. The molecule has 3 aromatic heterocycles. The zero-order chi connectivity index (χ0) is 40.4. The van der Waals surface area contributed by atoms with Crippen molar-refractivity contribution in [2.45, 2.75) is 111 Å². The minimum atomic E-state index is -0.726. The summed E-state index contributed by atoms with van der Waals surface area (Å²) in [6.45, 7) is 19.2. The third-order valence-corrected chi connectivity index (χ3v) is 9.62. The molecule has 0 atom stereocenters. The number of carbonyl (C=O) groups is 3. The molecule has 0 N–H and O–H groups in total. The zero-order valence-corrected chi connectivity index (χ0v) is 34.6. The van der Waals surface area contributed by atoms with Gasteiger partial charge in [-0.05, 0) is 112 Å². The maximum absolute atomic E-state index is 13.6. The fourth-order valence-electron chi connectivity index (χ4n) is 6.98. The molecule has 4 heterocycles. The van der Waals surface area contributed by atoms with Gasteiger partial charge in [0.15, 0.2) is 0 Å². The summed E-state index contributed by atoms with van der Waals surface area (Å²) in [7, 11) is 0. The molecule has 4 aromatic rings. The van der Waals surface area contributed by atoms with E-state index in [1.54, 1.807) is 20.9 Å². The van der Waals surface area contributed by atoms with E-state index in [-0.39, 0.29) is 26.2 Å². The zero-order valence-electron chi connectivity index (χ0n) is 34.6. The molecule has 1 fully saturated rings. The van der Waals surface area contributed by atoms with Gasteiger partial charge in [0.2, 0.25) is 0 Å². The van der Waals surface area contributed by atoms with E-state index in [2.05, 4.69) is 11.0 Å². The van der Waals surface area contributed by atoms with Crippen molar-refractivity contribution in [2.24, 2.45) is 0 Å². The van der Waals surface area contributed by atoms with E-state index < -0.39 is 35.1 Å². The Morgan fingerprint density at radius 2 is 0.964 bits per heavy atom. The van der Waals surface area contributed by atoms with E-state index in [1.165, 1.54) is 0 Å². The van der Waals surface area contributed by atoms with Gasteiger partial charge in [-0.3, -0.25) is 9.88 Å². The molecule has 0 saturated carbocycles. The fraction of sp³-hybridized carbons (Fsp3) is 0.595. The van der Waals surface area contributed by atoms with Crippen LogP contribution in [0.4, 0.5) is 14.4 Å². The van der Waals surface area contributed by atoms with Crippen LogP contribution in [-0.4, -0.2) is 127 Å². The molecular weight excluding hydrogens is 713 g/mol. The van der Waals surface area contributed by atoms with E-state index in [0.717, 1.165) is 75.6 Å². The summed E-state index contributed by atoms with van der Waals surface area (Å²) in [5, 5.41) is 1.83. The van der Waals surface area contributed by atoms with Gasteiger partial charge in [-0.15, -0.1) is 0 Å². The molecule has 1 saturated heterocycles. The average Bonchev–Trinajstić information content (AvgIpc) is 3.10. The third-order valence-electron chi connectivity index (χ3n) is 9.62. The van der Waals surface area contributed by atoms with Crippen molar-refractivity contribution in [2.75, 3.05) is 52.4 Å². The number of amides is 3. The summed E-state index contributed by atoms with van der Waals surface area (Å²) in [5.41, 5.74) is 4.04. The summed E-state index contributed by atoms with van der Waals surface area (Å²) in [6, 6.07) is 8.05. The second-order valence-corrected chi connectivity index (χ2v) is 17.8. The highest BCUT2D eigenvalue weighted by Gasteiger charge is 2.30. The predicted molar refractivity (Wildman–Crippen MR) is 215 cm³/mol. The van der Waals surface area contributed by atoms with Gasteiger partial charge in [0.25, 0.3) is 0 Å². The Balaban J connectivity index is 1.34. The second-order valence-electron chi connectivity index (χ2n) is 17.8. The van der Waals surface area contributed by atoms with Gasteiger partial charge < -0.3 is 28.9 Å². The number of hydrogen-bond acceptors (Lipinski definition) is 11. The molecule has 0 bridgehead atoms. The van der Waals surface area contributed by atoms with Crippen LogP contribution in [0.2, 0.25) is 0 Å². The highest BCUT2D eigenvalue weighted by molar-refractivity contribution is 6.20. The number of aromatic nitrogens is 4. The highest BCUT2D eigenvalue weighted by Crippen LogP contribution is 2.33. The molecule has 0 radical (unpaired) electrons. The number of ether oxygens (including phenoxy) is 3. The third kappa shape index (κ3) is 10.3. The van der Waals surface area contributed by atoms with Crippen LogP contribution in [0, 0.1) is 0 Å². The summed E-state index contributed by atoms with van der Waals surface area (Å²) >= 11 is 0. The topological polar surface area (TPSA) is 143 Å². The van der Waals surface area contributed by atoms with Crippen molar-refractivity contribution < 1.29 is 28.6 Å². The van der Waals surface area contributed by atoms with Gasteiger partial charge in [0, 0.05) is 75.9 Å². The molecule has 2 aliphatic rings. The lowest BCUT2D eigenvalue weighted by Gasteiger charge is -2.35. The Morgan fingerprint density at radius 1 is 0.554 bits per heavy atom. The SMILES string of the molecule is CC(C)(C)OC(=O)N1CCN(Cc2ccc3c(n2)c2ncccc2c2nc4c(nc32)CCCC4)CCN(C(=O)OC(C)(C)C)CCN(C(=O)OC(C)(C)C)CC1. The molecule has 1 aromatic carbocycles. The Morgan fingerprint density at radius 3 is 1.41 bits per heavy atom. The molecule has 3 amide bonds. The number of aryl methyl sites for hydroxylation is 2. The lowest BCUT2D eigenvalue weighted by Crippen LogP contribution is -2.51. The smallest absolute Gasteiger partial charge is 0.410 e. The van der Waals surface area contributed by atoms with Gasteiger partial charge in [-0.1, -0.05) is 0 Å². The van der Waals surface area contributed by atoms with Crippen LogP contribution < -0.4 is 0 Å². The number of pyridine rings is 2. The van der Waals surface area contributed by atoms with Crippen LogP contribution in [0.5, 0.6) is 0 Å². The number of hydrogen-bond donors (Lipinski definition) is 0. The van der Waals surface area contributed by atoms with Gasteiger partial charge in [0.05, 0.1) is 39.1 Å². The fourth-order valence-corrected chi connectivity index (χ4v) is 6.98. The average molecular weight is 771 g/mol. The molecule has 1 aliphatic carbocycles. The molecule has 302 valence electrons. The first-order valence-corrected chi connectivity index (χ1v) is 19.9. The maximum Gasteiger partial charge on any atom is 0.410 e. The summed E-state index contributed by atoms with van der Waals surface area (Å²) in [4.78, 5) is 67.9. The number of nitrogens with zero attached hydrogens (tertiary/aromatic N) is 8. The van der Waals surface area contributed by atoms with Gasteiger partial charge in [-0.25, -0.2) is 29.3 Å². The Bertz CT molecular complexity index is 2040. The molecule has 6 rings (SSSR count). The van der Waals surface area contributed by atoms with Crippen molar-refractivity contribution in [3.05, 3.63) is 47.5 Å². The van der Waals surface area contributed by atoms with Gasteiger partial charge >= 0.3 is 18.3 Å². The van der Waals surface area contributed by atoms with Crippen LogP contribution in [0.3, 0.4) is 0 Å². The van der Waals surface area contributed by atoms with E-state index in [1.807, 2.05) is 80.5 Å². The lowest BCUT2D eigenvalue weighted by atomic mass is 9.99. The minimum Gasteiger partial charge on any atom is -0.444 e. The molecule has 0 unspecified atom stereocenters. The first-order chi connectivity index (χ1) is 26.3. The van der Waals surface area contributed by atoms with Crippen LogP contribution in [0.1, 0.15) is 92.2 Å². The first-order valence-electron chi connectivity index (χ1n) is 19.9. The second kappa shape index (κ2) is 16.3. The van der Waals surface area contributed by atoms with Crippen LogP contribution in [0.25, 0.3) is 32.8 Å². The van der Waals surface area contributed by atoms with Gasteiger partial charge in [0.1, 0.15) is 16.8 Å². The van der Waals surface area contributed by atoms with Crippen LogP contribution >= 0.6 is 0 Å². The first kappa shape index (κ1) is 40.8. The summed E-state index contributed by atoms with van der Waals surface area (Å²) < 4.78 is 17.4. The summed E-state index contributed by atoms with van der Waals surface area (Å²) in [5.74, 6) is 0. The number of fused-ring (bicyclic) bond motifs is 7. The highest BCUT2D eigenvalue weighted by atomic mass is 16.6. The molecule has 1 aliphatic heterocycles. The molecule has 56 heavy (non-hydrogen) atoms.